The molecule has 2 amide bonds. The molecule has 0 radical (unpaired) electrons. The van der Waals surface area contributed by atoms with Crippen LogP contribution in [-0.4, -0.2) is 111 Å². The van der Waals surface area contributed by atoms with Crippen molar-refractivity contribution in [3.05, 3.63) is 0 Å². The lowest BCUT2D eigenvalue weighted by Gasteiger charge is -2.40. The van der Waals surface area contributed by atoms with Gasteiger partial charge in [-0.2, -0.15) is 0 Å². The zero-order valence-corrected chi connectivity index (χ0v) is 17.7. The summed E-state index contributed by atoms with van der Waals surface area (Å²) >= 11 is 0. The van der Waals surface area contributed by atoms with E-state index in [0.29, 0.717) is 52.2 Å². The van der Waals surface area contributed by atoms with Crippen LogP contribution in [-0.2, 0) is 19.6 Å². The standard InChI is InChI=1S/C17H32N4O6S/c1-4-27-16(23)20-7-5-17(24,6-8-20)13-19-9-10-21(28(3,25)26)12-14(11-19)15(22)18-2/h14,24H,4-13H2,1-3H3,(H,18,22)/t14-/m0/s1. The minimum absolute atomic E-state index is 0.129. The summed E-state index contributed by atoms with van der Waals surface area (Å²) in [6.45, 7) is 4.40. The van der Waals surface area contributed by atoms with Crippen LogP contribution in [0.5, 0.6) is 0 Å². The normalized spacial score (nSPS) is 24.4. The Labute approximate surface area is 166 Å². The van der Waals surface area contributed by atoms with E-state index >= 15 is 0 Å². The average Bonchev–Trinajstić information content (AvgIpc) is 2.84. The number of nitrogens with one attached hydrogen (secondary N) is 1. The molecular formula is C17H32N4O6S. The highest BCUT2D eigenvalue weighted by Gasteiger charge is 2.38. The van der Waals surface area contributed by atoms with E-state index in [2.05, 4.69) is 5.32 Å². The molecule has 0 unspecified atom stereocenters. The molecule has 28 heavy (non-hydrogen) atoms. The predicted octanol–water partition coefficient (Wildman–Crippen LogP) is -1.09. The van der Waals surface area contributed by atoms with Crippen LogP contribution in [0.15, 0.2) is 0 Å². The van der Waals surface area contributed by atoms with E-state index in [-0.39, 0.29) is 25.1 Å². The van der Waals surface area contributed by atoms with Gasteiger partial charge >= 0.3 is 6.09 Å². The van der Waals surface area contributed by atoms with Crippen LogP contribution in [0.25, 0.3) is 0 Å². The number of amides is 2. The third-order valence-electron chi connectivity index (χ3n) is 5.39. The Morgan fingerprint density at radius 1 is 1.18 bits per heavy atom. The Morgan fingerprint density at radius 2 is 1.82 bits per heavy atom. The van der Waals surface area contributed by atoms with Gasteiger partial charge in [0.2, 0.25) is 15.9 Å². The summed E-state index contributed by atoms with van der Waals surface area (Å²) in [5.41, 5.74) is -0.990. The highest BCUT2D eigenvalue weighted by molar-refractivity contribution is 7.88. The number of likely N-dealkylation sites (tertiary alicyclic amines) is 1. The third kappa shape index (κ3) is 6.03. The number of β-amino-alcohol motifs (C(OH)–C–C–N with tert-alkyl or cyclic N) is 1. The fourth-order valence-corrected chi connectivity index (χ4v) is 4.62. The predicted molar refractivity (Wildman–Crippen MR) is 103 cm³/mol. The summed E-state index contributed by atoms with van der Waals surface area (Å²) in [4.78, 5) is 27.6. The number of hydrogen-bond acceptors (Lipinski definition) is 7. The fraction of sp³-hybridized carbons (Fsp3) is 0.882. The summed E-state index contributed by atoms with van der Waals surface area (Å²) in [6, 6.07) is 0. The Hall–Kier alpha value is -1.43. The third-order valence-corrected chi connectivity index (χ3v) is 6.66. The highest BCUT2D eigenvalue weighted by atomic mass is 32.2. The van der Waals surface area contributed by atoms with Crippen LogP contribution < -0.4 is 5.32 Å². The summed E-state index contributed by atoms with van der Waals surface area (Å²) in [6.07, 6.45) is 1.58. The summed E-state index contributed by atoms with van der Waals surface area (Å²) < 4.78 is 30.3. The molecule has 2 rings (SSSR count). The SMILES string of the molecule is CCOC(=O)N1CCC(O)(CN2CCN(S(C)(=O)=O)C[C@@H](C(=O)NC)C2)CC1. The van der Waals surface area contributed by atoms with Crippen LogP contribution in [0.1, 0.15) is 19.8 Å². The first kappa shape index (κ1) is 22.9. The molecule has 10 nitrogen and oxygen atoms in total. The molecule has 162 valence electrons. The number of aliphatic hydroxyl groups is 1. The molecule has 0 aromatic heterocycles. The van der Waals surface area contributed by atoms with Crippen molar-refractivity contribution in [2.45, 2.75) is 25.4 Å². The number of carbonyl (C=O) groups excluding carboxylic acids is 2. The van der Waals surface area contributed by atoms with E-state index in [0.717, 1.165) is 6.26 Å². The lowest BCUT2D eigenvalue weighted by molar-refractivity contribution is -0.125. The van der Waals surface area contributed by atoms with Gasteiger partial charge in [-0.3, -0.25) is 9.69 Å². The van der Waals surface area contributed by atoms with Gasteiger partial charge in [0, 0.05) is 52.9 Å². The molecule has 0 aromatic rings. The van der Waals surface area contributed by atoms with Gasteiger partial charge in [0.05, 0.1) is 24.4 Å². The minimum Gasteiger partial charge on any atom is -0.450 e. The number of piperidine rings is 1. The number of hydrogen-bond donors (Lipinski definition) is 2. The van der Waals surface area contributed by atoms with Crippen LogP contribution in [0, 0.1) is 5.92 Å². The second-order valence-electron chi connectivity index (χ2n) is 7.58. The van der Waals surface area contributed by atoms with E-state index in [1.165, 1.54) is 11.4 Å². The maximum Gasteiger partial charge on any atom is 0.409 e. The highest BCUT2D eigenvalue weighted by Crippen LogP contribution is 2.25. The summed E-state index contributed by atoms with van der Waals surface area (Å²) in [5, 5.41) is 13.6. The van der Waals surface area contributed by atoms with Crippen molar-refractivity contribution < 1.29 is 27.9 Å². The Morgan fingerprint density at radius 3 is 2.36 bits per heavy atom. The van der Waals surface area contributed by atoms with Gasteiger partial charge in [-0.1, -0.05) is 0 Å². The van der Waals surface area contributed by atoms with Gasteiger partial charge in [-0.25, -0.2) is 17.5 Å². The summed E-state index contributed by atoms with van der Waals surface area (Å²) in [7, 11) is -1.88. The molecule has 2 N–H and O–H groups in total. The van der Waals surface area contributed by atoms with E-state index in [1.54, 1.807) is 11.8 Å². The zero-order chi connectivity index (χ0) is 20.9. The van der Waals surface area contributed by atoms with E-state index in [9.17, 15) is 23.1 Å². The molecular weight excluding hydrogens is 388 g/mol. The topological polar surface area (TPSA) is 119 Å². The van der Waals surface area contributed by atoms with Gasteiger partial charge in [-0.05, 0) is 19.8 Å². The molecule has 1 atom stereocenters. The van der Waals surface area contributed by atoms with Crippen LogP contribution in [0.4, 0.5) is 4.79 Å². The van der Waals surface area contributed by atoms with Crippen LogP contribution in [0.3, 0.4) is 0 Å². The van der Waals surface area contributed by atoms with Gasteiger partial charge in [0.25, 0.3) is 0 Å². The van der Waals surface area contributed by atoms with Gasteiger partial charge in [0.1, 0.15) is 0 Å². The molecule has 2 fully saturated rings. The van der Waals surface area contributed by atoms with Crippen molar-refractivity contribution in [3.8, 4) is 0 Å². The maximum atomic E-state index is 12.2. The van der Waals surface area contributed by atoms with Crippen molar-refractivity contribution in [2.24, 2.45) is 5.92 Å². The largest absolute Gasteiger partial charge is 0.450 e. The lowest BCUT2D eigenvalue weighted by Crippen LogP contribution is -2.53. The molecule has 0 spiro atoms. The minimum atomic E-state index is -3.41. The van der Waals surface area contributed by atoms with Gasteiger partial charge in [-0.15, -0.1) is 0 Å². The van der Waals surface area contributed by atoms with Gasteiger partial charge in [0.15, 0.2) is 0 Å². The van der Waals surface area contributed by atoms with Crippen molar-refractivity contribution in [1.82, 2.24) is 19.4 Å². The zero-order valence-electron chi connectivity index (χ0n) is 16.9. The molecule has 2 saturated heterocycles. The molecule has 2 aliphatic rings. The first-order valence-electron chi connectivity index (χ1n) is 9.61. The summed E-state index contributed by atoms with van der Waals surface area (Å²) in [5.74, 6) is -0.727. The number of ether oxygens (including phenoxy) is 1. The Kier molecular flexibility index (Phi) is 7.66. The quantitative estimate of drug-likeness (QED) is 0.580. The number of rotatable bonds is 5. The van der Waals surface area contributed by atoms with Crippen molar-refractivity contribution in [2.75, 3.05) is 65.7 Å². The Bertz CT molecular complexity index is 663. The molecule has 2 aliphatic heterocycles. The van der Waals surface area contributed by atoms with E-state index in [1.807, 2.05) is 4.90 Å². The Balaban J connectivity index is 2.02. The van der Waals surface area contributed by atoms with Gasteiger partial charge < -0.3 is 20.1 Å². The number of carbonyl (C=O) groups is 2. The van der Waals surface area contributed by atoms with Crippen LogP contribution in [0.2, 0.25) is 0 Å². The molecule has 0 aromatic carbocycles. The van der Waals surface area contributed by atoms with E-state index < -0.39 is 21.5 Å². The molecule has 0 aliphatic carbocycles. The fourth-order valence-electron chi connectivity index (χ4n) is 3.76. The van der Waals surface area contributed by atoms with Crippen molar-refractivity contribution >= 4 is 22.0 Å². The first-order chi connectivity index (χ1) is 13.1. The molecule has 2 heterocycles. The molecule has 0 saturated carbocycles. The second-order valence-corrected chi connectivity index (χ2v) is 9.56. The second kappa shape index (κ2) is 9.38. The smallest absolute Gasteiger partial charge is 0.409 e. The first-order valence-corrected chi connectivity index (χ1v) is 11.5. The van der Waals surface area contributed by atoms with E-state index in [4.69, 9.17) is 4.74 Å². The van der Waals surface area contributed by atoms with Crippen LogP contribution >= 0.6 is 0 Å². The molecule has 0 bridgehead atoms. The average molecular weight is 421 g/mol. The molecule has 11 heteroatoms. The number of sulfonamides is 1. The van der Waals surface area contributed by atoms with Crippen molar-refractivity contribution in [1.29, 1.82) is 0 Å². The maximum absolute atomic E-state index is 12.2. The monoisotopic (exact) mass is 420 g/mol. The van der Waals surface area contributed by atoms with Crippen molar-refractivity contribution in [3.63, 3.8) is 0 Å². The number of nitrogens with zero attached hydrogens (tertiary/aromatic N) is 3. The lowest BCUT2D eigenvalue weighted by atomic mass is 9.90.